The molecule has 5 nitrogen and oxygen atoms in total. The average Bonchev–Trinajstić information content (AvgIpc) is 2.85. The lowest BCUT2D eigenvalue weighted by Crippen LogP contribution is -2.29. The molecule has 2 unspecified atom stereocenters. The normalized spacial score (nSPS) is 22.3. The molecule has 0 radical (unpaired) electrons. The number of aromatic carboxylic acids is 1. The van der Waals surface area contributed by atoms with Crippen LogP contribution in [0.2, 0.25) is 0 Å². The number of nitrogens with one attached hydrogen (secondary N) is 1. The summed E-state index contributed by atoms with van der Waals surface area (Å²) in [5.74, 6) is -0.464. The lowest BCUT2D eigenvalue weighted by Gasteiger charge is -2.28. The van der Waals surface area contributed by atoms with Gasteiger partial charge >= 0.3 is 5.97 Å². The summed E-state index contributed by atoms with van der Waals surface area (Å²) in [5.41, 5.74) is 0.881. The van der Waals surface area contributed by atoms with E-state index in [1.54, 1.807) is 10.6 Å². The summed E-state index contributed by atoms with van der Waals surface area (Å²) in [7, 11) is 0. The second kappa shape index (κ2) is 5.97. The highest BCUT2D eigenvalue weighted by molar-refractivity contribution is 7.99. The van der Waals surface area contributed by atoms with Crippen LogP contribution in [-0.4, -0.2) is 38.0 Å². The van der Waals surface area contributed by atoms with Crippen molar-refractivity contribution in [3.8, 4) is 0 Å². The summed E-state index contributed by atoms with van der Waals surface area (Å²) in [4.78, 5) is 16.0. The lowest BCUT2D eigenvalue weighted by molar-refractivity contribution is 0.0690. The summed E-state index contributed by atoms with van der Waals surface area (Å²) < 4.78 is 1.62. The van der Waals surface area contributed by atoms with E-state index in [4.69, 9.17) is 0 Å². The Bertz CT molecular complexity index is 655. The molecule has 0 spiro atoms. The number of nitrogens with zero attached hydrogens (tertiary/aromatic N) is 2. The van der Waals surface area contributed by atoms with E-state index in [1.165, 1.54) is 12.8 Å². The highest BCUT2D eigenvalue weighted by Gasteiger charge is 2.25. The van der Waals surface area contributed by atoms with Crippen molar-refractivity contribution in [1.82, 2.24) is 9.38 Å². The van der Waals surface area contributed by atoms with E-state index in [0.29, 0.717) is 22.8 Å². The largest absolute Gasteiger partial charge is 0.476 e. The zero-order chi connectivity index (χ0) is 14.8. The number of anilines is 1. The minimum absolute atomic E-state index is 0.219. The topological polar surface area (TPSA) is 66.6 Å². The summed E-state index contributed by atoms with van der Waals surface area (Å²) in [6.07, 6.45) is 8.44. The highest BCUT2D eigenvalue weighted by atomic mass is 32.2. The molecule has 0 saturated heterocycles. The number of rotatable bonds is 4. The Kier molecular flexibility index (Phi) is 4.05. The molecule has 0 aromatic carbocycles. The number of fused-ring (bicyclic) bond motifs is 1. The molecule has 1 aliphatic carbocycles. The second-order valence-electron chi connectivity index (χ2n) is 5.41. The maximum atomic E-state index is 11.6. The van der Waals surface area contributed by atoms with Crippen LogP contribution in [0.3, 0.4) is 0 Å². The van der Waals surface area contributed by atoms with Crippen molar-refractivity contribution in [3.05, 3.63) is 30.1 Å². The Morgan fingerprint density at radius 1 is 1.48 bits per heavy atom. The van der Waals surface area contributed by atoms with Crippen molar-refractivity contribution in [2.75, 3.05) is 11.6 Å². The van der Waals surface area contributed by atoms with Gasteiger partial charge in [-0.05, 0) is 37.7 Å². The average molecular weight is 305 g/mol. The van der Waals surface area contributed by atoms with E-state index in [0.717, 1.165) is 12.8 Å². The van der Waals surface area contributed by atoms with Gasteiger partial charge in [0.05, 0.1) is 0 Å². The van der Waals surface area contributed by atoms with Crippen molar-refractivity contribution in [2.24, 2.45) is 0 Å². The maximum Gasteiger partial charge on any atom is 0.356 e. The van der Waals surface area contributed by atoms with Crippen molar-refractivity contribution in [1.29, 1.82) is 0 Å². The van der Waals surface area contributed by atoms with Gasteiger partial charge in [-0.3, -0.25) is 4.40 Å². The molecule has 1 saturated carbocycles. The Hall–Kier alpha value is -1.69. The van der Waals surface area contributed by atoms with Crippen molar-refractivity contribution in [2.45, 2.75) is 37.0 Å². The van der Waals surface area contributed by atoms with E-state index < -0.39 is 5.97 Å². The summed E-state index contributed by atoms with van der Waals surface area (Å²) in [6, 6.07) is 5.81. The van der Waals surface area contributed by atoms with Crippen LogP contribution in [0.1, 0.15) is 36.2 Å². The van der Waals surface area contributed by atoms with Gasteiger partial charge in [0.25, 0.3) is 0 Å². The van der Waals surface area contributed by atoms with Crippen molar-refractivity contribution < 1.29 is 9.90 Å². The fourth-order valence-electron chi connectivity index (χ4n) is 2.98. The Morgan fingerprint density at radius 2 is 2.33 bits per heavy atom. The van der Waals surface area contributed by atoms with Gasteiger partial charge in [-0.25, -0.2) is 9.78 Å². The number of thioether (sulfide) groups is 1. The number of carboxylic acid groups (broad SMARTS) is 1. The first-order valence-corrected chi connectivity index (χ1v) is 8.47. The number of carbonyl (C=O) groups is 1. The van der Waals surface area contributed by atoms with Crippen LogP contribution in [-0.2, 0) is 0 Å². The van der Waals surface area contributed by atoms with Crippen LogP contribution in [0, 0.1) is 0 Å². The van der Waals surface area contributed by atoms with Crippen molar-refractivity contribution >= 4 is 29.2 Å². The summed E-state index contributed by atoms with van der Waals surface area (Å²) in [6.45, 7) is 0. The monoisotopic (exact) mass is 305 g/mol. The molecule has 2 heterocycles. The van der Waals surface area contributed by atoms with E-state index >= 15 is 0 Å². The van der Waals surface area contributed by atoms with Crippen LogP contribution < -0.4 is 5.32 Å². The SMILES string of the molecule is CSC1CCCC(Nc2nc3ccccn3c2C(=O)O)C1. The molecular formula is C15H19N3O2S. The minimum atomic E-state index is -0.951. The molecule has 1 aliphatic rings. The van der Waals surface area contributed by atoms with Gasteiger partial charge in [-0.15, -0.1) is 0 Å². The number of hydrogen-bond acceptors (Lipinski definition) is 4. The third kappa shape index (κ3) is 2.85. The minimum Gasteiger partial charge on any atom is -0.476 e. The van der Waals surface area contributed by atoms with Crippen LogP contribution in [0.25, 0.3) is 5.65 Å². The first-order chi connectivity index (χ1) is 10.2. The zero-order valence-corrected chi connectivity index (χ0v) is 12.8. The molecule has 2 atom stereocenters. The van der Waals surface area contributed by atoms with Gasteiger partial charge < -0.3 is 10.4 Å². The molecule has 0 amide bonds. The molecule has 0 aliphatic heterocycles. The smallest absolute Gasteiger partial charge is 0.356 e. The van der Waals surface area contributed by atoms with E-state index in [1.807, 2.05) is 30.0 Å². The molecule has 21 heavy (non-hydrogen) atoms. The van der Waals surface area contributed by atoms with Crippen LogP contribution in [0.15, 0.2) is 24.4 Å². The maximum absolute atomic E-state index is 11.6. The summed E-state index contributed by atoms with van der Waals surface area (Å²) >= 11 is 1.89. The van der Waals surface area contributed by atoms with Gasteiger partial charge in [0.2, 0.25) is 0 Å². The van der Waals surface area contributed by atoms with Crippen LogP contribution >= 0.6 is 11.8 Å². The third-order valence-corrected chi connectivity index (χ3v) is 5.13. The highest BCUT2D eigenvalue weighted by Crippen LogP contribution is 2.29. The van der Waals surface area contributed by atoms with E-state index in [9.17, 15) is 9.90 Å². The molecule has 3 rings (SSSR count). The fourth-order valence-corrected chi connectivity index (χ4v) is 3.81. The molecule has 1 fully saturated rings. The number of imidazole rings is 1. The van der Waals surface area contributed by atoms with Crippen LogP contribution in [0.5, 0.6) is 0 Å². The molecule has 2 N–H and O–H groups in total. The number of pyridine rings is 1. The second-order valence-corrected chi connectivity index (χ2v) is 6.55. The summed E-state index contributed by atoms with van der Waals surface area (Å²) in [5, 5.41) is 13.5. The van der Waals surface area contributed by atoms with Gasteiger partial charge in [-0.1, -0.05) is 12.5 Å². The third-order valence-electron chi connectivity index (χ3n) is 4.03. The predicted molar refractivity (Wildman–Crippen MR) is 85.3 cm³/mol. The van der Waals surface area contributed by atoms with Gasteiger partial charge in [-0.2, -0.15) is 11.8 Å². The molecule has 2 aromatic rings. The van der Waals surface area contributed by atoms with E-state index in [-0.39, 0.29) is 5.69 Å². The Balaban J connectivity index is 1.89. The number of carboxylic acids is 1. The molecule has 2 aromatic heterocycles. The number of aromatic nitrogens is 2. The molecule has 112 valence electrons. The fraction of sp³-hybridized carbons (Fsp3) is 0.467. The lowest BCUT2D eigenvalue weighted by atomic mass is 9.95. The van der Waals surface area contributed by atoms with E-state index in [2.05, 4.69) is 16.6 Å². The molecular weight excluding hydrogens is 286 g/mol. The predicted octanol–water partition coefficient (Wildman–Crippen LogP) is 3.12. The zero-order valence-electron chi connectivity index (χ0n) is 12.0. The number of hydrogen-bond donors (Lipinski definition) is 2. The van der Waals surface area contributed by atoms with Gasteiger partial charge in [0.15, 0.2) is 11.5 Å². The molecule has 6 heteroatoms. The van der Waals surface area contributed by atoms with Crippen molar-refractivity contribution in [3.63, 3.8) is 0 Å². The van der Waals surface area contributed by atoms with Crippen LogP contribution in [0.4, 0.5) is 5.82 Å². The standard InChI is InChI=1S/C15H19N3O2S/c1-21-11-6-4-5-10(9-11)16-14-13(15(19)20)18-8-3-2-7-12(18)17-14/h2-3,7-8,10-11,16H,4-6,9H2,1H3,(H,19,20). The molecule has 0 bridgehead atoms. The quantitative estimate of drug-likeness (QED) is 0.908. The van der Waals surface area contributed by atoms with Gasteiger partial charge in [0, 0.05) is 17.5 Å². The Labute approximate surface area is 127 Å². The first kappa shape index (κ1) is 14.3. The van der Waals surface area contributed by atoms with Gasteiger partial charge in [0.1, 0.15) is 5.65 Å². The Morgan fingerprint density at radius 3 is 3.10 bits per heavy atom. The first-order valence-electron chi connectivity index (χ1n) is 7.18.